The lowest BCUT2D eigenvalue weighted by atomic mass is 9.88. The first kappa shape index (κ1) is 11.7. The molecule has 2 heteroatoms. The van der Waals surface area contributed by atoms with Gasteiger partial charge in [0, 0.05) is 13.0 Å². The number of unbranched alkanes of at least 4 members (excludes halogenated alkanes) is 1. The van der Waals surface area contributed by atoms with Crippen LogP contribution in [0.4, 0.5) is 0 Å². The molecule has 0 spiro atoms. The number of methoxy groups -OCH3 is 1. The predicted molar refractivity (Wildman–Crippen MR) is 58.4 cm³/mol. The number of hydrogen-bond donors (Lipinski definition) is 0. The zero-order valence-corrected chi connectivity index (χ0v) is 9.42. The van der Waals surface area contributed by atoms with Gasteiger partial charge in [0.15, 0.2) is 0 Å². The standard InChI is InChI=1S/C12H22O2/c1-4-5-6-12(13-3)11-9-14-8-7-10(11)2/h11-12H,2,4-9H2,1,3H3. The van der Waals surface area contributed by atoms with Crippen LogP contribution in [0.3, 0.4) is 0 Å². The van der Waals surface area contributed by atoms with Crippen molar-refractivity contribution in [3.63, 3.8) is 0 Å². The van der Waals surface area contributed by atoms with E-state index in [4.69, 9.17) is 9.47 Å². The minimum absolute atomic E-state index is 0.308. The Morgan fingerprint density at radius 3 is 3.00 bits per heavy atom. The zero-order chi connectivity index (χ0) is 10.4. The maximum atomic E-state index is 5.52. The SMILES string of the molecule is C=C1CCOCC1C(CCCC)OC. The van der Waals surface area contributed by atoms with Gasteiger partial charge < -0.3 is 9.47 Å². The molecule has 0 N–H and O–H groups in total. The molecule has 14 heavy (non-hydrogen) atoms. The second-order valence-corrected chi connectivity index (χ2v) is 4.01. The van der Waals surface area contributed by atoms with Crippen molar-refractivity contribution in [1.29, 1.82) is 0 Å². The van der Waals surface area contributed by atoms with Crippen molar-refractivity contribution >= 4 is 0 Å². The molecular weight excluding hydrogens is 176 g/mol. The molecule has 1 aliphatic heterocycles. The Hall–Kier alpha value is -0.340. The molecule has 0 saturated carbocycles. The topological polar surface area (TPSA) is 18.5 Å². The van der Waals surface area contributed by atoms with E-state index in [1.165, 1.54) is 18.4 Å². The summed E-state index contributed by atoms with van der Waals surface area (Å²) in [6.07, 6.45) is 4.88. The summed E-state index contributed by atoms with van der Waals surface area (Å²) in [6, 6.07) is 0. The second-order valence-electron chi connectivity index (χ2n) is 4.01. The Morgan fingerprint density at radius 2 is 2.43 bits per heavy atom. The van der Waals surface area contributed by atoms with Crippen molar-refractivity contribution in [2.75, 3.05) is 20.3 Å². The highest BCUT2D eigenvalue weighted by molar-refractivity contribution is 5.05. The first-order chi connectivity index (χ1) is 6.79. The van der Waals surface area contributed by atoms with Crippen LogP contribution in [0.2, 0.25) is 0 Å². The fourth-order valence-electron chi connectivity index (χ4n) is 1.98. The Balaban J connectivity index is 2.44. The van der Waals surface area contributed by atoms with Gasteiger partial charge >= 0.3 is 0 Å². The number of ether oxygens (including phenoxy) is 2. The summed E-state index contributed by atoms with van der Waals surface area (Å²) in [5, 5.41) is 0. The van der Waals surface area contributed by atoms with E-state index in [2.05, 4.69) is 13.5 Å². The monoisotopic (exact) mass is 198 g/mol. The summed E-state index contributed by atoms with van der Waals surface area (Å²) in [4.78, 5) is 0. The van der Waals surface area contributed by atoms with Crippen LogP contribution in [0.5, 0.6) is 0 Å². The van der Waals surface area contributed by atoms with Crippen LogP contribution in [0.25, 0.3) is 0 Å². The van der Waals surface area contributed by atoms with Crippen molar-refractivity contribution in [1.82, 2.24) is 0 Å². The van der Waals surface area contributed by atoms with Gasteiger partial charge in [-0.2, -0.15) is 0 Å². The van der Waals surface area contributed by atoms with Gasteiger partial charge in [-0.3, -0.25) is 0 Å². The molecule has 1 fully saturated rings. The molecule has 1 aliphatic rings. The molecule has 82 valence electrons. The van der Waals surface area contributed by atoms with Crippen molar-refractivity contribution in [3.05, 3.63) is 12.2 Å². The van der Waals surface area contributed by atoms with E-state index in [1.807, 2.05) is 0 Å². The maximum absolute atomic E-state index is 5.52. The lowest BCUT2D eigenvalue weighted by molar-refractivity contribution is -0.00680. The van der Waals surface area contributed by atoms with Crippen LogP contribution in [-0.4, -0.2) is 26.4 Å². The van der Waals surface area contributed by atoms with Gasteiger partial charge in [0.05, 0.1) is 19.3 Å². The lowest BCUT2D eigenvalue weighted by Gasteiger charge is -2.31. The Labute approximate surface area is 87.3 Å². The van der Waals surface area contributed by atoms with Gasteiger partial charge in [-0.1, -0.05) is 31.9 Å². The van der Waals surface area contributed by atoms with E-state index >= 15 is 0 Å². The summed E-state index contributed by atoms with van der Waals surface area (Å²) in [7, 11) is 1.79. The van der Waals surface area contributed by atoms with Crippen LogP contribution in [0.1, 0.15) is 32.6 Å². The Morgan fingerprint density at radius 1 is 1.64 bits per heavy atom. The molecule has 1 saturated heterocycles. The highest BCUT2D eigenvalue weighted by Crippen LogP contribution is 2.26. The van der Waals surface area contributed by atoms with Crippen LogP contribution < -0.4 is 0 Å². The molecule has 0 amide bonds. The molecule has 0 aromatic carbocycles. The van der Waals surface area contributed by atoms with Crippen LogP contribution in [0.15, 0.2) is 12.2 Å². The van der Waals surface area contributed by atoms with Gasteiger partial charge in [0.25, 0.3) is 0 Å². The fourth-order valence-corrected chi connectivity index (χ4v) is 1.98. The average molecular weight is 198 g/mol. The van der Waals surface area contributed by atoms with Crippen LogP contribution >= 0.6 is 0 Å². The van der Waals surface area contributed by atoms with Crippen molar-refractivity contribution in [3.8, 4) is 0 Å². The van der Waals surface area contributed by atoms with Gasteiger partial charge in [-0.05, 0) is 12.8 Å². The third-order valence-corrected chi connectivity index (χ3v) is 2.98. The predicted octanol–water partition coefficient (Wildman–Crippen LogP) is 2.78. The maximum Gasteiger partial charge on any atom is 0.0658 e. The fraction of sp³-hybridized carbons (Fsp3) is 0.833. The highest BCUT2D eigenvalue weighted by atomic mass is 16.5. The van der Waals surface area contributed by atoms with E-state index in [0.29, 0.717) is 12.0 Å². The third-order valence-electron chi connectivity index (χ3n) is 2.98. The van der Waals surface area contributed by atoms with Gasteiger partial charge in [-0.15, -0.1) is 0 Å². The van der Waals surface area contributed by atoms with Crippen molar-refractivity contribution in [2.24, 2.45) is 5.92 Å². The molecule has 0 aliphatic carbocycles. The van der Waals surface area contributed by atoms with Crippen molar-refractivity contribution < 1.29 is 9.47 Å². The number of hydrogen-bond acceptors (Lipinski definition) is 2. The lowest BCUT2D eigenvalue weighted by Crippen LogP contribution is -2.32. The van der Waals surface area contributed by atoms with E-state index in [-0.39, 0.29) is 0 Å². The van der Waals surface area contributed by atoms with Gasteiger partial charge in [-0.25, -0.2) is 0 Å². The van der Waals surface area contributed by atoms with E-state index in [0.717, 1.165) is 26.1 Å². The molecule has 0 bridgehead atoms. The second kappa shape index (κ2) is 6.20. The van der Waals surface area contributed by atoms with Gasteiger partial charge in [0.2, 0.25) is 0 Å². The molecule has 2 unspecified atom stereocenters. The smallest absolute Gasteiger partial charge is 0.0658 e. The van der Waals surface area contributed by atoms with Crippen LogP contribution in [0, 0.1) is 5.92 Å². The minimum Gasteiger partial charge on any atom is -0.381 e. The Kier molecular flexibility index (Phi) is 5.20. The Bertz CT molecular complexity index is 177. The molecule has 0 aromatic rings. The minimum atomic E-state index is 0.308. The molecular formula is C12H22O2. The normalized spacial score (nSPS) is 25.0. The third kappa shape index (κ3) is 3.10. The first-order valence-electron chi connectivity index (χ1n) is 5.57. The molecule has 2 atom stereocenters. The summed E-state index contributed by atoms with van der Waals surface area (Å²) in [5.41, 5.74) is 1.30. The summed E-state index contributed by atoms with van der Waals surface area (Å²) >= 11 is 0. The molecule has 0 radical (unpaired) electrons. The van der Waals surface area contributed by atoms with Crippen molar-refractivity contribution in [2.45, 2.75) is 38.7 Å². The quantitative estimate of drug-likeness (QED) is 0.632. The summed E-state index contributed by atoms with van der Waals surface area (Å²) < 4.78 is 11.0. The largest absolute Gasteiger partial charge is 0.381 e. The number of rotatable bonds is 5. The highest BCUT2D eigenvalue weighted by Gasteiger charge is 2.26. The first-order valence-corrected chi connectivity index (χ1v) is 5.57. The summed E-state index contributed by atoms with van der Waals surface area (Å²) in [6.45, 7) is 7.95. The molecule has 2 nitrogen and oxygen atoms in total. The van der Waals surface area contributed by atoms with E-state index < -0.39 is 0 Å². The zero-order valence-electron chi connectivity index (χ0n) is 9.42. The molecule has 1 heterocycles. The average Bonchev–Trinajstić information content (AvgIpc) is 2.21. The van der Waals surface area contributed by atoms with E-state index in [9.17, 15) is 0 Å². The molecule has 1 rings (SSSR count). The van der Waals surface area contributed by atoms with Crippen LogP contribution in [-0.2, 0) is 9.47 Å². The molecule has 0 aromatic heterocycles. The van der Waals surface area contributed by atoms with E-state index in [1.54, 1.807) is 7.11 Å². The van der Waals surface area contributed by atoms with Gasteiger partial charge in [0.1, 0.15) is 0 Å². The summed E-state index contributed by atoms with van der Waals surface area (Å²) in [5.74, 6) is 0.417.